The molecule has 0 saturated carbocycles. The van der Waals surface area contributed by atoms with Crippen LogP contribution in [0, 0.1) is 11.8 Å². The molecule has 8 nitrogen and oxygen atoms in total. The Hall–Kier alpha value is -1.83. The topological polar surface area (TPSA) is 73.4 Å². The highest BCUT2D eigenvalue weighted by Gasteiger charge is 2.45. The number of piperidine rings is 3. The first kappa shape index (κ1) is 19.5. The molecule has 0 aromatic carbocycles. The summed E-state index contributed by atoms with van der Waals surface area (Å²) in [6, 6.07) is 0.420. The quantitative estimate of drug-likeness (QED) is 0.706. The van der Waals surface area contributed by atoms with Gasteiger partial charge < -0.3 is 24.3 Å². The molecule has 4 heterocycles. The lowest BCUT2D eigenvalue weighted by Gasteiger charge is -2.53. The fourth-order valence-corrected chi connectivity index (χ4v) is 5.39. The van der Waals surface area contributed by atoms with Gasteiger partial charge in [-0.25, -0.2) is 4.79 Å². The van der Waals surface area contributed by atoms with Gasteiger partial charge in [-0.15, -0.1) is 0 Å². The molecule has 2 bridgehead atoms. The summed E-state index contributed by atoms with van der Waals surface area (Å²) >= 11 is 0. The van der Waals surface area contributed by atoms with E-state index in [1.54, 1.807) is 4.90 Å². The van der Waals surface area contributed by atoms with Crippen molar-refractivity contribution in [1.82, 2.24) is 19.6 Å². The Morgan fingerprint density at radius 3 is 2.54 bits per heavy atom. The minimum absolute atomic E-state index is 0.00325. The average Bonchev–Trinajstić information content (AvgIpc) is 2.72. The molecule has 4 fully saturated rings. The first-order chi connectivity index (χ1) is 13.6. The van der Waals surface area contributed by atoms with Crippen LogP contribution in [0.5, 0.6) is 0 Å². The van der Waals surface area contributed by atoms with Gasteiger partial charge >= 0.3 is 6.03 Å². The van der Waals surface area contributed by atoms with Gasteiger partial charge in [0.2, 0.25) is 11.8 Å². The number of fused-ring (bicyclic) bond motifs is 4. The molecule has 4 rings (SSSR count). The molecule has 0 aromatic rings. The minimum atomic E-state index is 0.00325. The summed E-state index contributed by atoms with van der Waals surface area (Å²) in [4.78, 5) is 45.2. The van der Waals surface area contributed by atoms with Crippen LogP contribution in [0.1, 0.15) is 32.6 Å². The van der Waals surface area contributed by atoms with Crippen LogP contribution < -0.4 is 0 Å². The number of hydrogen-bond acceptors (Lipinski definition) is 4. The molecule has 28 heavy (non-hydrogen) atoms. The van der Waals surface area contributed by atoms with E-state index in [2.05, 4.69) is 4.90 Å². The maximum atomic E-state index is 13.1. The second-order valence-electron chi connectivity index (χ2n) is 8.56. The Balaban J connectivity index is 1.32. The number of amides is 4. The average molecular weight is 393 g/mol. The van der Waals surface area contributed by atoms with Gasteiger partial charge in [-0.2, -0.15) is 0 Å². The summed E-state index contributed by atoms with van der Waals surface area (Å²) < 4.78 is 5.20. The van der Waals surface area contributed by atoms with E-state index in [1.807, 2.05) is 16.7 Å². The van der Waals surface area contributed by atoms with Crippen LogP contribution in [-0.2, 0) is 14.3 Å². The van der Waals surface area contributed by atoms with Crippen molar-refractivity contribution < 1.29 is 19.1 Å². The molecule has 4 amide bonds. The van der Waals surface area contributed by atoms with Gasteiger partial charge in [0.05, 0.1) is 0 Å². The molecule has 8 heteroatoms. The van der Waals surface area contributed by atoms with Crippen molar-refractivity contribution in [2.24, 2.45) is 11.8 Å². The summed E-state index contributed by atoms with van der Waals surface area (Å²) in [5, 5.41) is 0. The zero-order chi connectivity index (χ0) is 19.7. The fourth-order valence-electron chi connectivity index (χ4n) is 5.39. The van der Waals surface area contributed by atoms with Gasteiger partial charge in [0.15, 0.2) is 0 Å². The number of ether oxygens (including phenoxy) is 1. The van der Waals surface area contributed by atoms with Crippen molar-refractivity contribution in [2.75, 3.05) is 59.0 Å². The predicted octanol–water partition coefficient (Wildman–Crippen LogP) is 0.620. The normalized spacial score (nSPS) is 30.3. The van der Waals surface area contributed by atoms with Gasteiger partial charge in [0.1, 0.15) is 6.61 Å². The van der Waals surface area contributed by atoms with E-state index < -0.39 is 0 Å². The lowest BCUT2D eigenvalue weighted by Crippen LogP contribution is -2.63. The van der Waals surface area contributed by atoms with Crippen molar-refractivity contribution in [2.45, 2.75) is 38.6 Å². The summed E-state index contributed by atoms with van der Waals surface area (Å²) in [6.07, 6.45) is 3.88. The Morgan fingerprint density at radius 2 is 1.79 bits per heavy atom. The highest BCUT2D eigenvalue weighted by Crippen LogP contribution is 2.38. The van der Waals surface area contributed by atoms with Gasteiger partial charge in [-0.05, 0) is 38.0 Å². The van der Waals surface area contributed by atoms with E-state index >= 15 is 0 Å². The van der Waals surface area contributed by atoms with Crippen LogP contribution in [-0.4, -0.2) is 103 Å². The van der Waals surface area contributed by atoms with Crippen LogP contribution >= 0.6 is 0 Å². The first-order valence-electron chi connectivity index (χ1n) is 10.8. The van der Waals surface area contributed by atoms with E-state index in [0.717, 1.165) is 38.9 Å². The summed E-state index contributed by atoms with van der Waals surface area (Å²) in [7, 11) is 0. The molecular weight excluding hydrogens is 360 g/mol. The number of likely N-dealkylation sites (tertiary alicyclic amines) is 1. The summed E-state index contributed by atoms with van der Waals surface area (Å²) in [5.74, 6) is 1.12. The third-order valence-corrected chi connectivity index (χ3v) is 6.78. The molecule has 4 aliphatic heterocycles. The lowest BCUT2D eigenvalue weighted by molar-refractivity contribution is -0.144. The molecule has 2 unspecified atom stereocenters. The molecule has 0 aliphatic carbocycles. The van der Waals surface area contributed by atoms with Crippen LogP contribution in [0.25, 0.3) is 0 Å². The molecule has 4 saturated heterocycles. The number of urea groups is 1. The van der Waals surface area contributed by atoms with Gasteiger partial charge in [-0.3, -0.25) is 9.59 Å². The Labute approximate surface area is 166 Å². The number of piperazine rings is 1. The first-order valence-corrected chi connectivity index (χ1v) is 10.8. The molecule has 0 N–H and O–H groups in total. The van der Waals surface area contributed by atoms with Gasteiger partial charge in [0.25, 0.3) is 0 Å². The fraction of sp³-hybridized carbons (Fsp3) is 0.850. The second kappa shape index (κ2) is 8.27. The van der Waals surface area contributed by atoms with Crippen molar-refractivity contribution in [3.05, 3.63) is 0 Å². The molecule has 156 valence electrons. The predicted molar refractivity (Wildman–Crippen MR) is 103 cm³/mol. The second-order valence-corrected chi connectivity index (χ2v) is 8.56. The smallest absolute Gasteiger partial charge is 0.320 e. The molecular formula is C20H32N4O4. The zero-order valence-electron chi connectivity index (χ0n) is 16.8. The van der Waals surface area contributed by atoms with Gasteiger partial charge in [-0.1, -0.05) is 0 Å². The van der Waals surface area contributed by atoms with Crippen LogP contribution in [0.15, 0.2) is 0 Å². The highest BCUT2D eigenvalue weighted by atomic mass is 16.5. The van der Waals surface area contributed by atoms with Gasteiger partial charge in [0, 0.05) is 64.9 Å². The number of carbonyl (C=O) groups excluding carboxylic acids is 3. The van der Waals surface area contributed by atoms with E-state index in [-0.39, 0.29) is 18.5 Å². The summed E-state index contributed by atoms with van der Waals surface area (Å²) in [5.41, 5.74) is 0. The maximum Gasteiger partial charge on any atom is 0.320 e. The standard InChI is InChI=1S/C20H32N4O4/c1-2-28-14-19(26)21-6-8-22(9-7-21)20(27)23-11-15-10-16(13-23)17-4-3-5-18(25)24(17)12-15/h15-17H,2-14H2,1H3/t15?,16?,17-/m1/s1. The number of hydrogen-bond donors (Lipinski definition) is 0. The van der Waals surface area contributed by atoms with Crippen molar-refractivity contribution >= 4 is 17.8 Å². The third-order valence-electron chi connectivity index (χ3n) is 6.78. The number of rotatable bonds is 3. The highest BCUT2D eigenvalue weighted by molar-refractivity contribution is 5.79. The molecule has 0 aromatic heterocycles. The van der Waals surface area contributed by atoms with E-state index in [9.17, 15) is 14.4 Å². The Bertz CT molecular complexity index is 619. The monoisotopic (exact) mass is 392 g/mol. The number of carbonyl (C=O) groups is 3. The molecule has 4 aliphatic rings. The van der Waals surface area contributed by atoms with Crippen LogP contribution in [0.3, 0.4) is 0 Å². The minimum Gasteiger partial charge on any atom is -0.372 e. The maximum absolute atomic E-state index is 13.1. The third kappa shape index (κ3) is 3.83. The Morgan fingerprint density at radius 1 is 1.04 bits per heavy atom. The largest absolute Gasteiger partial charge is 0.372 e. The summed E-state index contributed by atoms with van der Waals surface area (Å²) in [6.45, 7) is 7.15. The Kier molecular flexibility index (Phi) is 5.75. The van der Waals surface area contributed by atoms with Crippen molar-refractivity contribution in [3.8, 4) is 0 Å². The van der Waals surface area contributed by atoms with E-state index in [1.165, 1.54) is 0 Å². The van der Waals surface area contributed by atoms with Crippen LogP contribution in [0.4, 0.5) is 4.79 Å². The van der Waals surface area contributed by atoms with E-state index in [4.69, 9.17) is 4.74 Å². The SMILES string of the molecule is CCOCC(=O)N1CCN(C(=O)N2CC3CC(C2)[C@H]2CCCC(=O)N2C3)CC1. The molecule has 3 atom stereocenters. The van der Waals surface area contributed by atoms with Crippen molar-refractivity contribution in [1.29, 1.82) is 0 Å². The van der Waals surface area contributed by atoms with Crippen molar-refractivity contribution in [3.63, 3.8) is 0 Å². The van der Waals surface area contributed by atoms with Crippen LogP contribution in [0.2, 0.25) is 0 Å². The zero-order valence-corrected chi connectivity index (χ0v) is 16.8. The molecule has 0 spiro atoms. The molecule has 0 radical (unpaired) electrons. The van der Waals surface area contributed by atoms with E-state index in [0.29, 0.717) is 63.0 Å². The lowest BCUT2D eigenvalue weighted by atomic mass is 9.76. The number of nitrogens with zero attached hydrogens (tertiary/aromatic N) is 4.